The van der Waals surface area contributed by atoms with Crippen LogP contribution in [0.4, 0.5) is 5.69 Å². The number of carbonyl (C=O) groups is 1. The third-order valence-corrected chi connectivity index (χ3v) is 3.08. The molecule has 5 heteroatoms. The van der Waals surface area contributed by atoms with E-state index in [2.05, 4.69) is 16.2 Å². The molecule has 0 heterocycles. The number of nitrogens with one attached hydrogen (secondary N) is 3. The average molecular weight is 311 g/mol. The predicted molar refractivity (Wildman–Crippen MR) is 93.6 cm³/mol. The van der Waals surface area contributed by atoms with Gasteiger partial charge in [0.05, 0.1) is 0 Å². The van der Waals surface area contributed by atoms with E-state index < -0.39 is 0 Å². The van der Waals surface area contributed by atoms with Crippen LogP contribution in [0.3, 0.4) is 0 Å². The lowest BCUT2D eigenvalue weighted by Crippen LogP contribution is -2.36. The molecule has 0 aliphatic rings. The number of hydrazine groups is 1. The van der Waals surface area contributed by atoms with Crippen molar-refractivity contribution in [2.45, 2.75) is 6.92 Å². The Kier molecular flexibility index (Phi) is 5.68. The van der Waals surface area contributed by atoms with Gasteiger partial charge in [-0.05, 0) is 31.3 Å². The molecule has 0 amide bonds. The fraction of sp³-hybridized carbons (Fsp3) is 0.0588. The Morgan fingerprint density at radius 1 is 1.05 bits per heavy atom. The topological polar surface area (TPSA) is 53.2 Å². The molecule has 4 nitrogen and oxygen atoms in total. The first kappa shape index (κ1) is 15.7. The van der Waals surface area contributed by atoms with Crippen molar-refractivity contribution in [2.24, 2.45) is 0 Å². The van der Waals surface area contributed by atoms with Crippen LogP contribution in [0, 0.1) is 6.92 Å². The monoisotopic (exact) mass is 311 g/mol. The highest BCUT2D eigenvalue weighted by atomic mass is 32.1. The van der Waals surface area contributed by atoms with E-state index in [1.54, 1.807) is 12.1 Å². The van der Waals surface area contributed by atoms with E-state index >= 15 is 0 Å². The third-order valence-electron chi connectivity index (χ3n) is 2.87. The first-order valence-corrected chi connectivity index (χ1v) is 7.21. The fourth-order valence-electron chi connectivity index (χ4n) is 1.72. The maximum Gasteiger partial charge on any atom is 0.189 e. The Labute approximate surface area is 135 Å². The molecule has 0 saturated heterocycles. The van der Waals surface area contributed by atoms with E-state index in [1.807, 2.05) is 49.4 Å². The highest BCUT2D eigenvalue weighted by Crippen LogP contribution is 2.05. The summed E-state index contributed by atoms with van der Waals surface area (Å²) in [4.78, 5) is 11.9. The number of rotatable bonds is 5. The van der Waals surface area contributed by atoms with Gasteiger partial charge in [0.2, 0.25) is 0 Å². The Morgan fingerprint density at radius 2 is 1.73 bits per heavy atom. The molecule has 22 heavy (non-hydrogen) atoms. The summed E-state index contributed by atoms with van der Waals surface area (Å²) in [6.07, 6.45) is 2.96. The quantitative estimate of drug-likeness (QED) is 0.343. The van der Waals surface area contributed by atoms with E-state index in [9.17, 15) is 4.79 Å². The Morgan fingerprint density at radius 3 is 2.41 bits per heavy atom. The molecule has 112 valence electrons. The summed E-state index contributed by atoms with van der Waals surface area (Å²) in [6.45, 7) is 1.98. The molecule has 0 unspecified atom stereocenters. The number of aryl methyl sites for hydroxylation is 1. The predicted octanol–water partition coefficient (Wildman–Crippen LogP) is 3.18. The van der Waals surface area contributed by atoms with Gasteiger partial charge in [0, 0.05) is 23.5 Å². The number of allylic oxidation sites excluding steroid dienone is 1. The van der Waals surface area contributed by atoms with Gasteiger partial charge < -0.3 is 10.7 Å². The van der Waals surface area contributed by atoms with Gasteiger partial charge in [0.25, 0.3) is 0 Å². The first-order valence-electron chi connectivity index (χ1n) is 6.80. The number of hydrogen-bond acceptors (Lipinski definition) is 3. The van der Waals surface area contributed by atoms with Crippen LogP contribution in [0.1, 0.15) is 15.9 Å². The van der Waals surface area contributed by atoms with Gasteiger partial charge in [-0.3, -0.25) is 10.2 Å². The number of para-hydroxylation sites is 1. The second-order valence-electron chi connectivity index (χ2n) is 4.65. The average Bonchev–Trinajstić information content (AvgIpc) is 2.53. The van der Waals surface area contributed by atoms with Crippen LogP contribution in [0.5, 0.6) is 0 Å². The van der Waals surface area contributed by atoms with E-state index in [1.165, 1.54) is 12.3 Å². The summed E-state index contributed by atoms with van der Waals surface area (Å²) in [5.74, 6) is -0.0729. The van der Waals surface area contributed by atoms with Crippen LogP contribution < -0.4 is 16.2 Å². The smallest absolute Gasteiger partial charge is 0.189 e. The first-order chi connectivity index (χ1) is 10.6. The SMILES string of the molecule is Cc1ccc(C(=O)/C=C/NNC(=S)Nc2ccccc2)cc1. The summed E-state index contributed by atoms with van der Waals surface area (Å²) in [5.41, 5.74) is 8.20. The second-order valence-corrected chi connectivity index (χ2v) is 5.06. The van der Waals surface area contributed by atoms with E-state index in [0.717, 1.165) is 11.3 Å². The second kappa shape index (κ2) is 7.95. The van der Waals surface area contributed by atoms with E-state index in [-0.39, 0.29) is 5.78 Å². The molecule has 0 atom stereocenters. The number of benzene rings is 2. The minimum Gasteiger partial charge on any atom is -0.331 e. The van der Waals surface area contributed by atoms with Crippen LogP contribution in [-0.4, -0.2) is 10.9 Å². The number of thiocarbonyl (C=S) groups is 1. The molecule has 0 bridgehead atoms. The van der Waals surface area contributed by atoms with Crippen molar-refractivity contribution in [1.29, 1.82) is 0 Å². The van der Waals surface area contributed by atoms with Crippen molar-refractivity contribution < 1.29 is 4.79 Å². The molecule has 0 aliphatic carbocycles. The Balaban J connectivity index is 1.77. The van der Waals surface area contributed by atoms with Gasteiger partial charge >= 0.3 is 0 Å². The number of hydrogen-bond donors (Lipinski definition) is 3. The van der Waals surface area contributed by atoms with Gasteiger partial charge in [-0.1, -0.05) is 48.0 Å². The van der Waals surface area contributed by atoms with Crippen LogP contribution in [0.2, 0.25) is 0 Å². The summed E-state index contributed by atoms with van der Waals surface area (Å²) in [5, 5.41) is 3.42. The van der Waals surface area contributed by atoms with Gasteiger partial charge in [-0.25, -0.2) is 0 Å². The maximum atomic E-state index is 11.9. The molecule has 2 aromatic rings. The van der Waals surface area contributed by atoms with Crippen molar-refractivity contribution in [3.05, 3.63) is 78.0 Å². The van der Waals surface area contributed by atoms with E-state index in [4.69, 9.17) is 12.2 Å². The highest BCUT2D eigenvalue weighted by Gasteiger charge is 2.00. The lowest BCUT2D eigenvalue weighted by Gasteiger charge is -2.09. The molecule has 2 rings (SSSR count). The van der Waals surface area contributed by atoms with Crippen molar-refractivity contribution in [1.82, 2.24) is 10.9 Å². The zero-order chi connectivity index (χ0) is 15.8. The van der Waals surface area contributed by atoms with Crippen LogP contribution >= 0.6 is 12.2 Å². The van der Waals surface area contributed by atoms with Crippen molar-refractivity contribution in [2.75, 3.05) is 5.32 Å². The van der Waals surface area contributed by atoms with Crippen LogP contribution in [0.15, 0.2) is 66.9 Å². The molecule has 3 N–H and O–H groups in total. The summed E-state index contributed by atoms with van der Waals surface area (Å²) in [7, 11) is 0. The van der Waals surface area contributed by atoms with Crippen molar-refractivity contribution in [3.8, 4) is 0 Å². The minimum absolute atomic E-state index is 0.0729. The fourth-order valence-corrected chi connectivity index (χ4v) is 1.90. The number of anilines is 1. The Hall–Kier alpha value is -2.66. The van der Waals surface area contributed by atoms with Gasteiger partial charge in [-0.15, -0.1) is 0 Å². The number of ketones is 1. The molecule has 2 aromatic carbocycles. The minimum atomic E-state index is -0.0729. The zero-order valence-electron chi connectivity index (χ0n) is 12.2. The molecule has 0 aliphatic heterocycles. The van der Waals surface area contributed by atoms with Gasteiger partial charge in [-0.2, -0.15) is 0 Å². The largest absolute Gasteiger partial charge is 0.331 e. The third kappa shape index (κ3) is 5.03. The molecule has 0 fully saturated rings. The highest BCUT2D eigenvalue weighted by molar-refractivity contribution is 7.80. The number of carbonyl (C=O) groups excluding carboxylic acids is 1. The Bertz CT molecular complexity index is 666. The van der Waals surface area contributed by atoms with Crippen LogP contribution in [-0.2, 0) is 0 Å². The molecular formula is C17H17N3OS. The molecule has 0 spiro atoms. The maximum absolute atomic E-state index is 11.9. The normalized spacial score (nSPS) is 10.2. The standard InChI is InChI=1S/C17H17N3OS/c1-13-7-9-14(10-8-13)16(21)11-12-18-20-17(22)19-15-5-3-2-4-6-15/h2-12,18H,1H3,(H2,19,20,22)/b12-11+. The van der Waals surface area contributed by atoms with Crippen LogP contribution in [0.25, 0.3) is 0 Å². The van der Waals surface area contributed by atoms with E-state index in [0.29, 0.717) is 10.7 Å². The lowest BCUT2D eigenvalue weighted by atomic mass is 10.1. The summed E-state index contributed by atoms with van der Waals surface area (Å²) < 4.78 is 0. The molecule has 0 radical (unpaired) electrons. The molecule has 0 aromatic heterocycles. The van der Waals surface area contributed by atoms with Crippen molar-refractivity contribution >= 4 is 28.8 Å². The summed E-state index contributed by atoms with van der Waals surface area (Å²) in [6, 6.07) is 17.0. The van der Waals surface area contributed by atoms with Gasteiger partial charge in [0.1, 0.15) is 0 Å². The van der Waals surface area contributed by atoms with Gasteiger partial charge in [0.15, 0.2) is 10.9 Å². The molecule has 0 saturated carbocycles. The lowest BCUT2D eigenvalue weighted by molar-refractivity contribution is 0.104. The zero-order valence-corrected chi connectivity index (χ0v) is 13.0. The molecular weight excluding hydrogens is 294 g/mol. The summed E-state index contributed by atoms with van der Waals surface area (Å²) >= 11 is 5.12. The van der Waals surface area contributed by atoms with Crippen molar-refractivity contribution in [3.63, 3.8) is 0 Å².